The Morgan fingerprint density at radius 1 is 0.542 bits per heavy atom. The summed E-state index contributed by atoms with van der Waals surface area (Å²) in [5.74, 6) is -0.348. The van der Waals surface area contributed by atoms with Gasteiger partial charge < -0.3 is 18.9 Å². The summed E-state index contributed by atoms with van der Waals surface area (Å²) >= 11 is 0. The van der Waals surface area contributed by atoms with Gasteiger partial charge in [0.05, 0.1) is 34.4 Å². The number of esters is 1. The zero-order valence-electron chi connectivity index (χ0n) is 38.5. The third kappa shape index (κ3) is 46.6. The van der Waals surface area contributed by atoms with Crippen molar-refractivity contribution in [3.05, 3.63) is 85.1 Å². The van der Waals surface area contributed by atoms with Crippen LogP contribution in [-0.4, -0.2) is 75.6 Å². The standard InChI is InChI=1S/C50H88NO7P/c1-6-8-10-12-14-16-18-20-21-22-23-24-25-26-27-28-29-30-31-32-33-35-37-39-41-43-50(52)58-49(48-57-59(53,54)56-46-44-51(3,4)5)47-55-45-42-40-38-36-34-19-17-15-13-11-9-7-2/h8,10,14,16,20-21,23-24,26-27,29-30,32-33,49H,6-7,9,11-13,15,17-19,22,25,28,31,34-48H2,1-5H3/p+1/b10-8-,16-14-,21-20-,24-23-,27-26-,30-29-,33-32-. The highest BCUT2D eigenvalue weighted by Crippen LogP contribution is 2.43. The van der Waals surface area contributed by atoms with Crippen LogP contribution in [0.3, 0.4) is 0 Å². The Balaban J connectivity index is 4.27. The molecule has 2 unspecified atom stereocenters. The molecular formula is C50H89NO7P+. The average Bonchev–Trinajstić information content (AvgIpc) is 3.19. The van der Waals surface area contributed by atoms with Gasteiger partial charge in [-0.2, -0.15) is 0 Å². The quantitative estimate of drug-likeness (QED) is 0.0215. The molecule has 0 fully saturated rings. The van der Waals surface area contributed by atoms with Crippen LogP contribution in [0.5, 0.6) is 0 Å². The van der Waals surface area contributed by atoms with Crippen molar-refractivity contribution in [2.24, 2.45) is 0 Å². The number of allylic oxidation sites excluding steroid dienone is 14. The van der Waals surface area contributed by atoms with Gasteiger partial charge in [-0.15, -0.1) is 0 Å². The topological polar surface area (TPSA) is 91.3 Å². The Labute approximate surface area is 363 Å². The molecule has 0 bridgehead atoms. The maximum absolute atomic E-state index is 12.7. The van der Waals surface area contributed by atoms with Gasteiger partial charge in [-0.1, -0.05) is 176 Å². The molecule has 0 saturated carbocycles. The van der Waals surface area contributed by atoms with Gasteiger partial charge in [-0.05, 0) is 70.6 Å². The van der Waals surface area contributed by atoms with Gasteiger partial charge in [0.15, 0.2) is 0 Å². The van der Waals surface area contributed by atoms with Gasteiger partial charge >= 0.3 is 13.8 Å². The monoisotopic (exact) mass is 847 g/mol. The summed E-state index contributed by atoms with van der Waals surface area (Å²) in [5, 5.41) is 0. The second-order valence-corrected chi connectivity index (χ2v) is 17.9. The van der Waals surface area contributed by atoms with E-state index in [9.17, 15) is 14.3 Å². The molecule has 2 atom stereocenters. The van der Waals surface area contributed by atoms with E-state index in [0.29, 0.717) is 17.6 Å². The van der Waals surface area contributed by atoms with Gasteiger partial charge in [-0.25, -0.2) is 4.57 Å². The largest absolute Gasteiger partial charge is 0.472 e. The first-order valence-electron chi connectivity index (χ1n) is 23.3. The van der Waals surface area contributed by atoms with Crippen molar-refractivity contribution < 1.29 is 37.3 Å². The molecule has 0 amide bonds. The highest BCUT2D eigenvalue weighted by atomic mass is 31.2. The van der Waals surface area contributed by atoms with Gasteiger partial charge in [0, 0.05) is 13.0 Å². The lowest BCUT2D eigenvalue weighted by Crippen LogP contribution is -2.37. The highest BCUT2D eigenvalue weighted by Gasteiger charge is 2.26. The Hall–Kier alpha value is -2.32. The first kappa shape index (κ1) is 56.7. The predicted octanol–water partition coefficient (Wildman–Crippen LogP) is 14.1. The molecule has 0 spiro atoms. The van der Waals surface area contributed by atoms with E-state index in [4.69, 9.17) is 18.5 Å². The van der Waals surface area contributed by atoms with Crippen LogP contribution in [0.25, 0.3) is 0 Å². The second kappa shape index (κ2) is 42.4. The summed E-state index contributed by atoms with van der Waals surface area (Å²) in [7, 11) is 1.63. The number of phosphoric acid groups is 1. The van der Waals surface area contributed by atoms with Gasteiger partial charge in [0.25, 0.3) is 0 Å². The van der Waals surface area contributed by atoms with Crippen LogP contribution in [0.15, 0.2) is 85.1 Å². The molecule has 59 heavy (non-hydrogen) atoms. The zero-order valence-corrected chi connectivity index (χ0v) is 39.4. The summed E-state index contributed by atoms with van der Waals surface area (Å²) in [6, 6.07) is 0. The van der Waals surface area contributed by atoms with E-state index in [0.717, 1.165) is 83.5 Å². The number of hydrogen-bond acceptors (Lipinski definition) is 6. The Morgan fingerprint density at radius 3 is 1.46 bits per heavy atom. The molecule has 340 valence electrons. The van der Waals surface area contributed by atoms with Crippen LogP contribution in [0, 0.1) is 0 Å². The Kier molecular flexibility index (Phi) is 40.7. The molecule has 0 heterocycles. The molecule has 0 aliphatic rings. The van der Waals surface area contributed by atoms with E-state index in [1.807, 2.05) is 21.1 Å². The molecule has 0 aliphatic heterocycles. The number of carbonyl (C=O) groups excluding carboxylic acids is 1. The molecule has 0 aromatic heterocycles. The summed E-state index contributed by atoms with van der Waals surface area (Å²) in [5.41, 5.74) is 0. The number of likely N-dealkylation sites (N-methyl/N-ethyl adjacent to an activating group) is 1. The zero-order chi connectivity index (χ0) is 43.4. The number of phosphoric ester groups is 1. The lowest BCUT2D eigenvalue weighted by atomic mass is 10.1. The van der Waals surface area contributed by atoms with E-state index in [1.54, 1.807) is 0 Å². The number of quaternary nitrogens is 1. The van der Waals surface area contributed by atoms with Gasteiger partial charge in [0.1, 0.15) is 19.3 Å². The van der Waals surface area contributed by atoms with Crippen LogP contribution in [0.4, 0.5) is 0 Å². The third-order valence-corrected chi connectivity index (χ3v) is 10.5. The molecule has 0 rings (SSSR count). The fourth-order valence-electron chi connectivity index (χ4n) is 5.88. The number of carbonyl (C=O) groups is 1. The molecule has 0 aromatic rings. The Morgan fingerprint density at radius 2 is 0.983 bits per heavy atom. The number of rotatable bonds is 42. The van der Waals surface area contributed by atoms with Crippen LogP contribution in [-0.2, 0) is 27.9 Å². The molecule has 0 saturated heterocycles. The Bertz CT molecular complexity index is 1210. The lowest BCUT2D eigenvalue weighted by molar-refractivity contribution is -0.870. The van der Waals surface area contributed by atoms with Crippen molar-refractivity contribution in [1.29, 1.82) is 0 Å². The molecule has 0 aliphatic carbocycles. The van der Waals surface area contributed by atoms with E-state index < -0.39 is 13.9 Å². The number of hydrogen-bond donors (Lipinski definition) is 1. The number of ether oxygens (including phenoxy) is 2. The fraction of sp³-hybridized carbons (Fsp3) is 0.700. The van der Waals surface area contributed by atoms with E-state index in [-0.39, 0.29) is 32.2 Å². The smallest absolute Gasteiger partial charge is 0.457 e. The summed E-state index contributed by atoms with van der Waals surface area (Å²) < 4.78 is 35.0. The molecule has 0 aromatic carbocycles. The molecule has 8 nitrogen and oxygen atoms in total. The second-order valence-electron chi connectivity index (χ2n) is 16.4. The maximum atomic E-state index is 12.7. The van der Waals surface area contributed by atoms with Gasteiger partial charge in [-0.3, -0.25) is 13.8 Å². The van der Waals surface area contributed by atoms with Crippen LogP contribution in [0.2, 0.25) is 0 Å². The SMILES string of the molecule is CC/C=C\C/C=C\C/C=C\C/C=C\C/C=C\C/C=C\C/C=C\CCCCCC(=O)OC(COCCCCCCCCCCCCCC)COP(=O)(O)OCC[N+](C)(C)C. The van der Waals surface area contributed by atoms with E-state index in [2.05, 4.69) is 98.9 Å². The predicted molar refractivity (Wildman–Crippen MR) is 251 cm³/mol. The number of unbranched alkanes of at least 4 members (excludes halogenated alkanes) is 14. The molecular weight excluding hydrogens is 758 g/mol. The fourth-order valence-corrected chi connectivity index (χ4v) is 6.63. The highest BCUT2D eigenvalue weighted by molar-refractivity contribution is 7.47. The van der Waals surface area contributed by atoms with Gasteiger partial charge in [0.2, 0.25) is 0 Å². The number of nitrogens with zero attached hydrogens (tertiary/aromatic N) is 1. The van der Waals surface area contributed by atoms with Crippen molar-refractivity contribution >= 4 is 13.8 Å². The maximum Gasteiger partial charge on any atom is 0.472 e. The average molecular weight is 847 g/mol. The molecule has 1 N–H and O–H groups in total. The first-order chi connectivity index (χ1) is 28.6. The first-order valence-corrected chi connectivity index (χ1v) is 24.8. The minimum Gasteiger partial charge on any atom is -0.457 e. The van der Waals surface area contributed by atoms with Crippen molar-refractivity contribution in [3.63, 3.8) is 0 Å². The minimum absolute atomic E-state index is 0.0783. The normalized spacial score (nSPS) is 14.5. The van der Waals surface area contributed by atoms with Crippen molar-refractivity contribution in [2.45, 2.75) is 174 Å². The van der Waals surface area contributed by atoms with Crippen molar-refractivity contribution in [3.8, 4) is 0 Å². The summed E-state index contributed by atoms with van der Waals surface area (Å²) in [6.07, 6.45) is 56.2. The minimum atomic E-state index is -4.29. The van der Waals surface area contributed by atoms with E-state index >= 15 is 0 Å². The van der Waals surface area contributed by atoms with Crippen molar-refractivity contribution in [2.75, 3.05) is 54.1 Å². The van der Waals surface area contributed by atoms with Crippen LogP contribution in [0.1, 0.15) is 168 Å². The van der Waals surface area contributed by atoms with E-state index in [1.165, 1.54) is 64.2 Å². The summed E-state index contributed by atoms with van der Waals surface area (Å²) in [6.45, 7) is 5.45. The third-order valence-electron chi connectivity index (χ3n) is 9.47. The molecule has 9 heteroatoms. The van der Waals surface area contributed by atoms with Crippen LogP contribution >= 0.6 is 7.82 Å². The van der Waals surface area contributed by atoms with Crippen LogP contribution < -0.4 is 0 Å². The lowest BCUT2D eigenvalue weighted by Gasteiger charge is -2.24. The van der Waals surface area contributed by atoms with Crippen molar-refractivity contribution in [1.82, 2.24) is 0 Å². The summed E-state index contributed by atoms with van der Waals surface area (Å²) in [4.78, 5) is 22.9. The molecule has 0 radical (unpaired) electrons.